The molecule has 0 saturated carbocycles. The second-order valence-corrected chi connectivity index (χ2v) is 5.61. The summed E-state index contributed by atoms with van der Waals surface area (Å²) in [5.74, 6) is 0. The van der Waals surface area contributed by atoms with Gasteiger partial charge in [0.2, 0.25) is 7.37 Å². The molecule has 0 aliphatic carbocycles. The standard InChI is InChI=1S/C8H15N2O2P/c1-2-3-4-13(11,12)6-8-5-9-7-10-8/h5,7H,2-4,6H2,1H3,(H,9,10)(H,11,12). The van der Waals surface area contributed by atoms with Crippen molar-refractivity contribution in [3.63, 3.8) is 0 Å². The van der Waals surface area contributed by atoms with Gasteiger partial charge in [0.1, 0.15) is 0 Å². The van der Waals surface area contributed by atoms with E-state index in [1.54, 1.807) is 6.20 Å². The molecule has 5 heteroatoms. The predicted octanol–water partition coefficient (Wildman–Crippen LogP) is 1.98. The molecule has 0 amide bonds. The summed E-state index contributed by atoms with van der Waals surface area (Å²) in [6.07, 6.45) is 5.49. The molecule has 0 bridgehead atoms. The molecule has 0 aliphatic rings. The molecule has 13 heavy (non-hydrogen) atoms. The van der Waals surface area contributed by atoms with Gasteiger partial charge < -0.3 is 9.88 Å². The Kier molecular flexibility index (Phi) is 3.70. The number of hydrogen-bond donors (Lipinski definition) is 2. The van der Waals surface area contributed by atoms with Gasteiger partial charge in [-0.3, -0.25) is 4.57 Å². The number of imidazole rings is 1. The topological polar surface area (TPSA) is 66.0 Å². The van der Waals surface area contributed by atoms with Crippen molar-refractivity contribution in [3.8, 4) is 0 Å². The minimum absolute atomic E-state index is 0.215. The summed E-state index contributed by atoms with van der Waals surface area (Å²) in [7, 11) is -2.97. The van der Waals surface area contributed by atoms with E-state index in [0.29, 0.717) is 6.16 Å². The van der Waals surface area contributed by atoms with Crippen molar-refractivity contribution in [2.75, 3.05) is 6.16 Å². The van der Waals surface area contributed by atoms with Gasteiger partial charge in [-0.25, -0.2) is 4.98 Å². The Morgan fingerprint density at radius 1 is 1.69 bits per heavy atom. The third-order valence-electron chi connectivity index (χ3n) is 1.83. The largest absolute Gasteiger partial charge is 0.348 e. The van der Waals surface area contributed by atoms with E-state index in [0.717, 1.165) is 18.5 Å². The highest BCUT2D eigenvalue weighted by molar-refractivity contribution is 7.57. The Bertz CT molecular complexity index is 284. The quantitative estimate of drug-likeness (QED) is 0.717. The Morgan fingerprint density at radius 2 is 2.46 bits per heavy atom. The highest BCUT2D eigenvalue weighted by Crippen LogP contribution is 2.44. The van der Waals surface area contributed by atoms with Gasteiger partial charge in [0, 0.05) is 18.1 Å². The van der Waals surface area contributed by atoms with Crippen LogP contribution in [-0.4, -0.2) is 21.0 Å². The van der Waals surface area contributed by atoms with Crippen LogP contribution in [0.3, 0.4) is 0 Å². The molecule has 1 heterocycles. The van der Waals surface area contributed by atoms with Crippen LogP contribution in [0.25, 0.3) is 0 Å². The van der Waals surface area contributed by atoms with Crippen molar-refractivity contribution in [1.29, 1.82) is 0 Å². The maximum atomic E-state index is 11.5. The molecular weight excluding hydrogens is 187 g/mol. The van der Waals surface area contributed by atoms with Crippen molar-refractivity contribution in [2.24, 2.45) is 0 Å². The second kappa shape index (κ2) is 4.58. The maximum Gasteiger partial charge on any atom is 0.206 e. The lowest BCUT2D eigenvalue weighted by Crippen LogP contribution is -1.93. The molecule has 1 aromatic heterocycles. The van der Waals surface area contributed by atoms with Crippen LogP contribution >= 0.6 is 7.37 Å². The summed E-state index contributed by atoms with van der Waals surface area (Å²) in [6.45, 7) is 2.01. The van der Waals surface area contributed by atoms with Crippen LogP contribution in [0.5, 0.6) is 0 Å². The Morgan fingerprint density at radius 3 is 3.00 bits per heavy atom. The molecule has 0 saturated heterocycles. The SMILES string of the molecule is CCCCP(=O)(O)Cc1cnc[nH]1. The lowest BCUT2D eigenvalue weighted by molar-refractivity contribution is 0.474. The molecular formula is C8H15N2O2P. The number of H-pyrrole nitrogens is 1. The number of aromatic nitrogens is 2. The first-order valence-corrected chi connectivity index (χ1v) is 6.45. The van der Waals surface area contributed by atoms with E-state index < -0.39 is 7.37 Å². The van der Waals surface area contributed by atoms with Crippen LogP contribution in [0.2, 0.25) is 0 Å². The smallest absolute Gasteiger partial charge is 0.206 e. The molecule has 2 N–H and O–H groups in total. The van der Waals surface area contributed by atoms with Gasteiger partial charge in [0.25, 0.3) is 0 Å². The molecule has 1 rings (SSSR count). The van der Waals surface area contributed by atoms with Crippen LogP contribution in [0, 0.1) is 0 Å². The third-order valence-corrected chi connectivity index (χ3v) is 3.68. The zero-order valence-corrected chi connectivity index (χ0v) is 8.63. The first kappa shape index (κ1) is 10.5. The lowest BCUT2D eigenvalue weighted by Gasteiger charge is -2.08. The van der Waals surface area contributed by atoms with Crippen LogP contribution in [0.4, 0.5) is 0 Å². The highest BCUT2D eigenvalue weighted by atomic mass is 31.2. The monoisotopic (exact) mass is 202 g/mol. The van der Waals surface area contributed by atoms with Crippen molar-refractivity contribution in [1.82, 2.24) is 9.97 Å². The van der Waals surface area contributed by atoms with Gasteiger partial charge in [-0.1, -0.05) is 13.3 Å². The molecule has 0 aromatic carbocycles. The predicted molar refractivity (Wildman–Crippen MR) is 51.9 cm³/mol. The summed E-state index contributed by atoms with van der Waals surface area (Å²) < 4.78 is 11.5. The summed E-state index contributed by atoms with van der Waals surface area (Å²) in [5.41, 5.74) is 0.738. The number of nitrogens with zero attached hydrogens (tertiary/aromatic N) is 1. The zero-order chi connectivity index (χ0) is 9.73. The molecule has 0 aliphatic heterocycles. The number of unbranched alkanes of at least 4 members (excludes halogenated alkanes) is 1. The number of nitrogens with one attached hydrogen (secondary N) is 1. The van der Waals surface area contributed by atoms with Gasteiger partial charge in [0.05, 0.1) is 12.5 Å². The molecule has 1 aromatic rings. The van der Waals surface area contributed by atoms with E-state index in [9.17, 15) is 9.46 Å². The molecule has 0 radical (unpaired) electrons. The van der Waals surface area contributed by atoms with Crippen LogP contribution in [-0.2, 0) is 10.7 Å². The van der Waals surface area contributed by atoms with E-state index in [2.05, 4.69) is 9.97 Å². The normalized spacial score (nSPS) is 15.5. The van der Waals surface area contributed by atoms with Crippen molar-refractivity contribution in [2.45, 2.75) is 25.9 Å². The van der Waals surface area contributed by atoms with Crippen molar-refractivity contribution in [3.05, 3.63) is 18.2 Å². The lowest BCUT2D eigenvalue weighted by atomic mass is 10.4. The van der Waals surface area contributed by atoms with E-state index in [1.165, 1.54) is 6.33 Å². The fourth-order valence-electron chi connectivity index (χ4n) is 1.12. The van der Waals surface area contributed by atoms with Crippen LogP contribution < -0.4 is 0 Å². The molecule has 4 nitrogen and oxygen atoms in total. The summed E-state index contributed by atoms with van der Waals surface area (Å²) in [5, 5.41) is 0. The first-order chi connectivity index (χ1) is 6.14. The molecule has 1 unspecified atom stereocenters. The Balaban J connectivity index is 2.47. The fourth-order valence-corrected chi connectivity index (χ4v) is 2.80. The van der Waals surface area contributed by atoms with E-state index in [1.807, 2.05) is 6.92 Å². The van der Waals surface area contributed by atoms with E-state index in [4.69, 9.17) is 0 Å². The average Bonchev–Trinajstić information content (AvgIpc) is 2.52. The minimum atomic E-state index is -2.97. The van der Waals surface area contributed by atoms with Gasteiger partial charge in [-0.2, -0.15) is 0 Å². The van der Waals surface area contributed by atoms with Gasteiger partial charge >= 0.3 is 0 Å². The second-order valence-electron chi connectivity index (χ2n) is 3.16. The summed E-state index contributed by atoms with van der Waals surface area (Å²) in [6, 6.07) is 0. The maximum absolute atomic E-state index is 11.5. The number of aromatic amines is 1. The first-order valence-electron chi connectivity index (χ1n) is 4.42. The number of rotatable bonds is 5. The Labute approximate surface area is 77.9 Å². The zero-order valence-electron chi connectivity index (χ0n) is 7.73. The van der Waals surface area contributed by atoms with Crippen molar-refractivity contribution >= 4 is 7.37 Å². The van der Waals surface area contributed by atoms with Crippen LogP contribution in [0.15, 0.2) is 12.5 Å². The minimum Gasteiger partial charge on any atom is -0.348 e. The van der Waals surface area contributed by atoms with E-state index in [-0.39, 0.29) is 6.16 Å². The average molecular weight is 202 g/mol. The third kappa shape index (κ3) is 3.75. The molecule has 74 valence electrons. The number of hydrogen-bond acceptors (Lipinski definition) is 2. The molecule has 1 atom stereocenters. The van der Waals surface area contributed by atoms with Crippen LogP contribution in [0.1, 0.15) is 25.5 Å². The molecule has 0 fully saturated rings. The van der Waals surface area contributed by atoms with Gasteiger partial charge in [-0.15, -0.1) is 0 Å². The van der Waals surface area contributed by atoms with E-state index >= 15 is 0 Å². The summed E-state index contributed by atoms with van der Waals surface area (Å²) >= 11 is 0. The van der Waals surface area contributed by atoms with Gasteiger partial charge in [0.15, 0.2) is 0 Å². The Hall–Kier alpha value is -0.600. The van der Waals surface area contributed by atoms with Crippen molar-refractivity contribution < 1.29 is 9.46 Å². The van der Waals surface area contributed by atoms with Gasteiger partial charge in [-0.05, 0) is 6.42 Å². The summed E-state index contributed by atoms with van der Waals surface area (Å²) in [4.78, 5) is 16.2. The molecule has 0 spiro atoms. The fraction of sp³-hybridized carbons (Fsp3) is 0.625. The highest BCUT2D eigenvalue weighted by Gasteiger charge is 2.18.